The van der Waals surface area contributed by atoms with Crippen molar-refractivity contribution in [3.05, 3.63) is 23.3 Å². The number of nitrogen functional groups attached to an aromatic ring is 1. The summed E-state index contributed by atoms with van der Waals surface area (Å²) in [4.78, 5) is 2.23. The van der Waals surface area contributed by atoms with Gasteiger partial charge >= 0.3 is 0 Å². The van der Waals surface area contributed by atoms with Crippen LogP contribution in [0.15, 0.2) is 12.1 Å². The highest BCUT2D eigenvalue weighted by molar-refractivity contribution is 5.53. The Hall–Kier alpha value is -1.30. The number of aliphatic hydroxyl groups excluding tert-OH is 1. The minimum absolute atomic E-state index is 0.165. The van der Waals surface area contributed by atoms with Crippen molar-refractivity contribution in [2.24, 2.45) is 0 Å². The summed E-state index contributed by atoms with van der Waals surface area (Å²) in [5, 5.41) is 9.19. The van der Waals surface area contributed by atoms with Gasteiger partial charge < -0.3 is 20.3 Å². The summed E-state index contributed by atoms with van der Waals surface area (Å²) in [5.41, 5.74) is 8.76. The van der Waals surface area contributed by atoms with E-state index in [9.17, 15) is 5.11 Å². The van der Waals surface area contributed by atoms with Crippen molar-refractivity contribution in [3.8, 4) is 5.75 Å². The van der Waals surface area contributed by atoms with Gasteiger partial charge in [0.25, 0.3) is 0 Å². The zero-order valence-electron chi connectivity index (χ0n) is 12.1. The SMILES string of the molecule is CCCCN(CCO)Cc1cc(N)cc2c1OCOC2. The average molecular weight is 280 g/mol. The third-order valence-corrected chi connectivity index (χ3v) is 3.45. The van der Waals surface area contributed by atoms with Gasteiger partial charge in [0.1, 0.15) is 5.75 Å². The molecule has 0 spiro atoms. The molecular weight excluding hydrogens is 256 g/mol. The number of hydrogen-bond acceptors (Lipinski definition) is 5. The van der Waals surface area contributed by atoms with Crippen LogP contribution in [0.2, 0.25) is 0 Å². The maximum Gasteiger partial charge on any atom is 0.189 e. The topological polar surface area (TPSA) is 68.0 Å². The van der Waals surface area contributed by atoms with Gasteiger partial charge in [-0.15, -0.1) is 0 Å². The number of unbranched alkanes of at least 4 members (excludes halogenated alkanes) is 1. The zero-order valence-corrected chi connectivity index (χ0v) is 12.1. The number of fused-ring (bicyclic) bond motifs is 1. The Labute approximate surface area is 120 Å². The molecule has 1 aliphatic rings. The predicted octanol–water partition coefficient (Wildman–Crippen LogP) is 1.73. The molecule has 0 bridgehead atoms. The summed E-state index contributed by atoms with van der Waals surface area (Å²) in [6, 6.07) is 3.86. The van der Waals surface area contributed by atoms with Crippen molar-refractivity contribution in [3.63, 3.8) is 0 Å². The number of nitrogens with zero attached hydrogens (tertiary/aromatic N) is 1. The molecule has 3 N–H and O–H groups in total. The maximum absolute atomic E-state index is 9.19. The van der Waals surface area contributed by atoms with Crippen molar-refractivity contribution < 1.29 is 14.6 Å². The first-order chi connectivity index (χ1) is 9.74. The molecule has 0 radical (unpaired) electrons. The lowest BCUT2D eigenvalue weighted by Crippen LogP contribution is -2.28. The second-order valence-electron chi connectivity index (χ2n) is 5.13. The van der Waals surface area contributed by atoms with E-state index in [4.69, 9.17) is 15.2 Å². The largest absolute Gasteiger partial charge is 0.467 e. The van der Waals surface area contributed by atoms with Gasteiger partial charge in [0.2, 0.25) is 0 Å². The monoisotopic (exact) mass is 280 g/mol. The molecule has 0 aromatic heterocycles. The van der Waals surface area contributed by atoms with E-state index in [1.54, 1.807) is 0 Å². The van der Waals surface area contributed by atoms with Gasteiger partial charge in [-0.2, -0.15) is 0 Å². The molecule has 2 rings (SSSR count). The molecule has 1 aliphatic heterocycles. The van der Waals surface area contributed by atoms with Crippen LogP contribution in [-0.4, -0.2) is 36.5 Å². The lowest BCUT2D eigenvalue weighted by molar-refractivity contribution is -0.0174. The lowest BCUT2D eigenvalue weighted by atomic mass is 10.1. The van der Waals surface area contributed by atoms with E-state index in [0.717, 1.165) is 48.5 Å². The molecule has 0 saturated heterocycles. The van der Waals surface area contributed by atoms with Crippen molar-refractivity contribution in [1.82, 2.24) is 4.90 Å². The lowest BCUT2D eigenvalue weighted by Gasteiger charge is -2.26. The van der Waals surface area contributed by atoms with Gasteiger partial charge in [-0.1, -0.05) is 13.3 Å². The van der Waals surface area contributed by atoms with Crippen molar-refractivity contribution in [2.75, 3.05) is 32.2 Å². The zero-order chi connectivity index (χ0) is 14.4. The summed E-state index contributed by atoms with van der Waals surface area (Å²) in [6.07, 6.45) is 2.26. The van der Waals surface area contributed by atoms with E-state index in [-0.39, 0.29) is 6.61 Å². The van der Waals surface area contributed by atoms with Gasteiger partial charge in [0.15, 0.2) is 6.79 Å². The highest BCUT2D eigenvalue weighted by atomic mass is 16.7. The Kier molecular flexibility index (Phi) is 5.64. The van der Waals surface area contributed by atoms with Crippen LogP contribution in [0.3, 0.4) is 0 Å². The van der Waals surface area contributed by atoms with Crippen LogP contribution < -0.4 is 10.5 Å². The van der Waals surface area contributed by atoms with Crippen LogP contribution in [0.5, 0.6) is 5.75 Å². The van der Waals surface area contributed by atoms with Gasteiger partial charge in [0.05, 0.1) is 13.2 Å². The highest BCUT2D eigenvalue weighted by Crippen LogP contribution is 2.31. The number of hydrogen-bond donors (Lipinski definition) is 2. The Morgan fingerprint density at radius 2 is 2.20 bits per heavy atom. The molecule has 0 amide bonds. The molecule has 20 heavy (non-hydrogen) atoms. The predicted molar refractivity (Wildman–Crippen MR) is 78.4 cm³/mol. The molecule has 0 aliphatic carbocycles. The van der Waals surface area contributed by atoms with Crippen LogP contribution >= 0.6 is 0 Å². The van der Waals surface area contributed by atoms with Crippen LogP contribution in [0.25, 0.3) is 0 Å². The third-order valence-electron chi connectivity index (χ3n) is 3.45. The Bertz CT molecular complexity index is 437. The fraction of sp³-hybridized carbons (Fsp3) is 0.600. The molecule has 1 aromatic rings. The summed E-state index contributed by atoms with van der Waals surface area (Å²) in [6.45, 7) is 5.55. The van der Waals surface area contributed by atoms with E-state index in [0.29, 0.717) is 19.9 Å². The number of anilines is 1. The second kappa shape index (κ2) is 7.47. The number of benzene rings is 1. The summed E-state index contributed by atoms with van der Waals surface area (Å²) in [5.74, 6) is 0.893. The van der Waals surface area contributed by atoms with Crippen LogP contribution in [0.4, 0.5) is 5.69 Å². The van der Waals surface area contributed by atoms with Gasteiger partial charge in [-0.25, -0.2) is 0 Å². The fourth-order valence-corrected chi connectivity index (χ4v) is 2.48. The van der Waals surface area contributed by atoms with Gasteiger partial charge in [-0.3, -0.25) is 4.90 Å². The minimum atomic E-state index is 0.165. The van der Waals surface area contributed by atoms with E-state index in [1.165, 1.54) is 0 Å². The van der Waals surface area contributed by atoms with E-state index in [2.05, 4.69) is 11.8 Å². The first-order valence-electron chi connectivity index (χ1n) is 7.19. The maximum atomic E-state index is 9.19. The molecule has 5 nitrogen and oxygen atoms in total. The molecule has 0 saturated carbocycles. The molecule has 112 valence electrons. The van der Waals surface area contributed by atoms with E-state index >= 15 is 0 Å². The normalized spacial score (nSPS) is 14.2. The quantitative estimate of drug-likeness (QED) is 0.745. The molecule has 1 heterocycles. The smallest absolute Gasteiger partial charge is 0.189 e. The molecule has 1 aromatic carbocycles. The van der Waals surface area contributed by atoms with Crippen LogP contribution in [0.1, 0.15) is 30.9 Å². The molecular formula is C15H24N2O3. The number of ether oxygens (including phenoxy) is 2. The molecule has 5 heteroatoms. The van der Waals surface area contributed by atoms with Crippen molar-refractivity contribution in [2.45, 2.75) is 32.9 Å². The van der Waals surface area contributed by atoms with Gasteiger partial charge in [0, 0.05) is 29.9 Å². The highest BCUT2D eigenvalue weighted by Gasteiger charge is 2.18. The summed E-state index contributed by atoms with van der Waals surface area (Å²) in [7, 11) is 0. The number of nitrogens with two attached hydrogens (primary N) is 1. The Morgan fingerprint density at radius 1 is 1.35 bits per heavy atom. The van der Waals surface area contributed by atoms with Crippen molar-refractivity contribution >= 4 is 5.69 Å². The van der Waals surface area contributed by atoms with Gasteiger partial charge in [-0.05, 0) is 25.1 Å². The van der Waals surface area contributed by atoms with Crippen LogP contribution in [-0.2, 0) is 17.9 Å². The standard InChI is InChI=1S/C15H24N2O3/c1-2-3-4-17(5-6-18)9-12-7-14(16)8-13-10-19-11-20-15(12)13/h7-8,18H,2-6,9-11,16H2,1H3. The number of rotatable bonds is 7. The first kappa shape index (κ1) is 15.1. The van der Waals surface area contributed by atoms with E-state index in [1.807, 2.05) is 12.1 Å². The molecule has 0 unspecified atom stereocenters. The molecule has 0 fully saturated rings. The average Bonchev–Trinajstić information content (AvgIpc) is 2.44. The van der Waals surface area contributed by atoms with E-state index < -0.39 is 0 Å². The Morgan fingerprint density at radius 3 is 2.95 bits per heavy atom. The number of aliphatic hydroxyl groups is 1. The Balaban J connectivity index is 2.15. The summed E-state index contributed by atoms with van der Waals surface area (Å²) < 4.78 is 10.9. The third kappa shape index (κ3) is 3.85. The summed E-state index contributed by atoms with van der Waals surface area (Å²) >= 11 is 0. The molecule has 0 atom stereocenters. The fourth-order valence-electron chi connectivity index (χ4n) is 2.48. The second-order valence-corrected chi connectivity index (χ2v) is 5.13. The van der Waals surface area contributed by atoms with Crippen molar-refractivity contribution in [1.29, 1.82) is 0 Å². The minimum Gasteiger partial charge on any atom is -0.467 e. The first-order valence-corrected chi connectivity index (χ1v) is 7.19. The van der Waals surface area contributed by atoms with Crippen LogP contribution in [0, 0.1) is 0 Å².